The first-order valence-corrected chi connectivity index (χ1v) is 8.07. The molecule has 0 aromatic heterocycles. The third kappa shape index (κ3) is 4.52. The molecule has 0 aromatic carbocycles. The molecule has 2 rings (SSSR count). The zero-order valence-corrected chi connectivity index (χ0v) is 13.6. The molecule has 1 N–H and O–H groups in total. The molecule has 1 saturated heterocycles. The van der Waals surface area contributed by atoms with E-state index < -0.39 is 6.10 Å². The standard InChI is InChI=1S/C16H28N2O4/c1-17(13-5-3-6-14(21-2)16(13)20)15(19)7-4-8-18-9-11-22-12-10-18/h4,7,13-14,16,20H,3,5-6,8-12H2,1-2H3/b7-4+/t13-,14-,16-/m1/s1. The number of methoxy groups -OCH3 is 1. The van der Waals surface area contributed by atoms with E-state index in [0.717, 1.165) is 52.1 Å². The average molecular weight is 312 g/mol. The van der Waals surface area contributed by atoms with Crippen LogP contribution < -0.4 is 0 Å². The minimum Gasteiger partial charge on any atom is -0.388 e. The highest BCUT2D eigenvalue weighted by molar-refractivity contribution is 5.87. The molecule has 0 bridgehead atoms. The molecule has 1 aliphatic carbocycles. The van der Waals surface area contributed by atoms with E-state index >= 15 is 0 Å². The van der Waals surface area contributed by atoms with Crippen molar-refractivity contribution < 1.29 is 19.4 Å². The van der Waals surface area contributed by atoms with Crippen LogP contribution in [0.4, 0.5) is 0 Å². The normalized spacial score (nSPS) is 30.6. The van der Waals surface area contributed by atoms with Crippen LogP contribution in [0.5, 0.6) is 0 Å². The monoisotopic (exact) mass is 312 g/mol. The molecule has 1 aliphatic heterocycles. The summed E-state index contributed by atoms with van der Waals surface area (Å²) in [4.78, 5) is 16.2. The van der Waals surface area contributed by atoms with Gasteiger partial charge in [-0.1, -0.05) is 6.08 Å². The van der Waals surface area contributed by atoms with Gasteiger partial charge in [0.1, 0.15) is 6.10 Å². The first-order valence-electron chi connectivity index (χ1n) is 8.07. The Morgan fingerprint density at radius 3 is 2.82 bits per heavy atom. The van der Waals surface area contributed by atoms with E-state index in [2.05, 4.69) is 4.90 Å². The van der Waals surface area contributed by atoms with Crippen molar-refractivity contribution >= 4 is 5.91 Å². The minimum absolute atomic E-state index is 0.0611. The summed E-state index contributed by atoms with van der Waals surface area (Å²) in [6, 6.07) is -0.167. The number of likely N-dealkylation sites (N-methyl/N-ethyl adjacent to an activating group) is 1. The van der Waals surface area contributed by atoms with Crippen LogP contribution in [0.15, 0.2) is 12.2 Å². The predicted molar refractivity (Wildman–Crippen MR) is 83.6 cm³/mol. The molecule has 3 atom stereocenters. The van der Waals surface area contributed by atoms with Crippen LogP contribution in [0.2, 0.25) is 0 Å². The number of ether oxygens (including phenoxy) is 2. The van der Waals surface area contributed by atoms with Gasteiger partial charge in [-0.2, -0.15) is 0 Å². The summed E-state index contributed by atoms with van der Waals surface area (Å²) in [6.07, 6.45) is 5.36. The largest absolute Gasteiger partial charge is 0.388 e. The SMILES string of the molecule is CO[C@@H]1CCC[C@@H](N(C)C(=O)/C=C/CN2CCOCC2)[C@H]1O. The highest BCUT2D eigenvalue weighted by Gasteiger charge is 2.35. The Morgan fingerprint density at radius 1 is 1.41 bits per heavy atom. The Hall–Kier alpha value is -0.950. The maximum Gasteiger partial charge on any atom is 0.246 e. The van der Waals surface area contributed by atoms with E-state index in [1.807, 2.05) is 6.08 Å². The molecule has 1 heterocycles. The van der Waals surface area contributed by atoms with E-state index in [-0.39, 0.29) is 18.1 Å². The minimum atomic E-state index is -0.611. The van der Waals surface area contributed by atoms with Crippen molar-refractivity contribution in [2.24, 2.45) is 0 Å². The molecular formula is C16H28N2O4. The number of morpholine rings is 1. The Bertz CT molecular complexity index is 382. The van der Waals surface area contributed by atoms with Crippen molar-refractivity contribution in [3.8, 4) is 0 Å². The fraction of sp³-hybridized carbons (Fsp3) is 0.812. The van der Waals surface area contributed by atoms with E-state index in [4.69, 9.17) is 9.47 Å². The molecule has 6 heteroatoms. The van der Waals surface area contributed by atoms with Gasteiger partial charge < -0.3 is 19.5 Å². The van der Waals surface area contributed by atoms with Crippen molar-refractivity contribution in [2.75, 3.05) is 47.0 Å². The molecule has 126 valence electrons. The quantitative estimate of drug-likeness (QED) is 0.738. The Morgan fingerprint density at radius 2 is 2.14 bits per heavy atom. The third-order valence-electron chi connectivity index (χ3n) is 4.64. The molecule has 22 heavy (non-hydrogen) atoms. The van der Waals surface area contributed by atoms with Gasteiger partial charge in [0.2, 0.25) is 5.91 Å². The molecule has 6 nitrogen and oxygen atoms in total. The number of hydrogen-bond donors (Lipinski definition) is 1. The summed E-state index contributed by atoms with van der Waals surface area (Å²) in [5.74, 6) is -0.0611. The van der Waals surface area contributed by atoms with Crippen LogP contribution in [0.1, 0.15) is 19.3 Å². The van der Waals surface area contributed by atoms with Crippen molar-refractivity contribution in [3.63, 3.8) is 0 Å². The van der Waals surface area contributed by atoms with Crippen molar-refractivity contribution in [3.05, 3.63) is 12.2 Å². The molecule has 0 aromatic rings. The van der Waals surface area contributed by atoms with Crippen molar-refractivity contribution in [1.82, 2.24) is 9.80 Å². The number of amides is 1. The lowest BCUT2D eigenvalue weighted by molar-refractivity contribution is -0.135. The van der Waals surface area contributed by atoms with E-state index in [1.165, 1.54) is 0 Å². The maximum absolute atomic E-state index is 12.3. The van der Waals surface area contributed by atoms with Gasteiger partial charge in [0.25, 0.3) is 0 Å². The lowest BCUT2D eigenvalue weighted by Crippen LogP contribution is -2.52. The molecule has 0 radical (unpaired) electrons. The predicted octanol–water partition coefficient (Wildman–Crippen LogP) is 0.262. The second-order valence-corrected chi connectivity index (χ2v) is 6.03. The molecule has 1 saturated carbocycles. The van der Waals surface area contributed by atoms with Gasteiger partial charge in [0.05, 0.1) is 25.4 Å². The van der Waals surface area contributed by atoms with Crippen LogP contribution in [0.3, 0.4) is 0 Å². The van der Waals surface area contributed by atoms with Crippen LogP contribution in [0, 0.1) is 0 Å². The summed E-state index contributed by atoms with van der Waals surface area (Å²) in [7, 11) is 3.37. The van der Waals surface area contributed by atoms with Gasteiger partial charge in [-0.25, -0.2) is 0 Å². The van der Waals surface area contributed by atoms with Crippen LogP contribution >= 0.6 is 0 Å². The topological polar surface area (TPSA) is 62.2 Å². The smallest absolute Gasteiger partial charge is 0.246 e. The van der Waals surface area contributed by atoms with E-state index in [0.29, 0.717) is 0 Å². The highest BCUT2D eigenvalue weighted by Crippen LogP contribution is 2.25. The van der Waals surface area contributed by atoms with Crippen molar-refractivity contribution in [1.29, 1.82) is 0 Å². The number of aliphatic hydroxyl groups excluding tert-OH is 1. The zero-order valence-electron chi connectivity index (χ0n) is 13.6. The summed E-state index contributed by atoms with van der Waals surface area (Å²) < 4.78 is 10.6. The van der Waals surface area contributed by atoms with Gasteiger partial charge in [-0.05, 0) is 19.3 Å². The second kappa shape index (κ2) is 8.62. The number of carbonyl (C=O) groups is 1. The van der Waals surface area contributed by atoms with Crippen LogP contribution in [-0.4, -0.2) is 86.1 Å². The second-order valence-electron chi connectivity index (χ2n) is 6.03. The van der Waals surface area contributed by atoms with Crippen LogP contribution in [-0.2, 0) is 14.3 Å². The summed E-state index contributed by atoms with van der Waals surface area (Å²) in [6.45, 7) is 4.09. The third-order valence-corrected chi connectivity index (χ3v) is 4.64. The lowest BCUT2D eigenvalue weighted by Gasteiger charge is -2.38. The molecule has 2 aliphatic rings. The number of aliphatic hydroxyl groups is 1. The summed E-state index contributed by atoms with van der Waals surface area (Å²) >= 11 is 0. The fourth-order valence-corrected chi connectivity index (χ4v) is 3.16. The van der Waals surface area contributed by atoms with E-state index in [9.17, 15) is 9.90 Å². The summed E-state index contributed by atoms with van der Waals surface area (Å²) in [5.41, 5.74) is 0. The number of rotatable bonds is 5. The van der Waals surface area contributed by atoms with Gasteiger partial charge in [0, 0.05) is 39.9 Å². The van der Waals surface area contributed by atoms with Crippen LogP contribution in [0.25, 0.3) is 0 Å². The molecule has 1 amide bonds. The molecule has 2 fully saturated rings. The average Bonchev–Trinajstić information content (AvgIpc) is 2.55. The number of nitrogens with zero attached hydrogens (tertiary/aromatic N) is 2. The van der Waals surface area contributed by atoms with Gasteiger partial charge in [0.15, 0.2) is 0 Å². The first-order chi connectivity index (χ1) is 10.6. The fourth-order valence-electron chi connectivity index (χ4n) is 3.16. The first kappa shape index (κ1) is 17.4. The molecule has 0 unspecified atom stereocenters. The molecule has 0 spiro atoms. The van der Waals surface area contributed by atoms with Gasteiger partial charge in [-0.3, -0.25) is 9.69 Å². The number of carbonyl (C=O) groups excluding carboxylic acids is 1. The van der Waals surface area contributed by atoms with E-state index in [1.54, 1.807) is 25.1 Å². The number of hydrogen-bond acceptors (Lipinski definition) is 5. The van der Waals surface area contributed by atoms with Crippen molar-refractivity contribution in [2.45, 2.75) is 37.5 Å². The highest BCUT2D eigenvalue weighted by atomic mass is 16.5. The molecular weight excluding hydrogens is 284 g/mol. The Kier molecular flexibility index (Phi) is 6.82. The zero-order chi connectivity index (χ0) is 15.9. The van der Waals surface area contributed by atoms with Gasteiger partial charge in [-0.15, -0.1) is 0 Å². The lowest BCUT2D eigenvalue weighted by atomic mass is 9.89. The summed E-state index contributed by atoms with van der Waals surface area (Å²) in [5, 5.41) is 10.3. The maximum atomic E-state index is 12.3. The Balaban J connectivity index is 1.82. The van der Waals surface area contributed by atoms with Gasteiger partial charge >= 0.3 is 0 Å². The Labute approximate surface area is 132 Å².